The number of hydrogen-bond donors (Lipinski definition) is 2. The van der Waals surface area contributed by atoms with Crippen LogP contribution >= 0.6 is 0 Å². The summed E-state index contributed by atoms with van der Waals surface area (Å²) in [5.74, 6) is -1.44. The van der Waals surface area contributed by atoms with Gasteiger partial charge in [0.1, 0.15) is 12.4 Å². The molecule has 1 saturated heterocycles. The summed E-state index contributed by atoms with van der Waals surface area (Å²) in [5.41, 5.74) is -0.977. The van der Waals surface area contributed by atoms with E-state index in [0.717, 1.165) is 0 Å². The Kier molecular flexibility index (Phi) is 2.96. The van der Waals surface area contributed by atoms with Crippen molar-refractivity contribution in [2.75, 3.05) is 18.1 Å². The molecule has 6 heteroatoms. The molecule has 2 N–H and O–H groups in total. The van der Waals surface area contributed by atoms with E-state index in [2.05, 4.69) is 0 Å². The number of phenolic OH excluding ortho intramolecular Hbond substituents is 1. The molecule has 1 aromatic carbocycles. The van der Waals surface area contributed by atoms with Crippen LogP contribution in [0.4, 0.5) is 5.69 Å². The maximum Gasteiger partial charge on any atom is 0.337 e. The predicted molar refractivity (Wildman–Crippen MR) is 62.5 cm³/mol. The van der Waals surface area contributed by atoms with Gasteiger partial charge in [0.05, 0.1) is 6.54 Å². The van der Waals surface area contributed by atoms with Crippen LogP contribution in [-0.4, -0.2) is 40.8 Å². The van der Waals surface area contributed by atoms with Crippen LogP contribution in [0.3, 0.4) is 0 Å². The average molecular weight is 251 g/mol. The first kappa shape index (κ1) is 12.4. The Balaban J connectivity index is 2.31. The molecule has 1 fully saturated rings. The number of anilines is 1. The molecule has 18 heavy (non-hydrogen) atoms. The number of amides is 1. The van der Waals surface area contributed by atoms with E-state index >= 15 is 0 Å². The van der Waals surface area contributed by atoms with Crippen molar-refractivity contribution in [3.63, 3.8) is 0 Å². The van der Waals surface area contributed by atoms with E-state index in [0.29, 0.717) is 5.69 Å². The average Bonchev–Trinajstić information content (AvgIpc) is 2.32. The first-order valence-electron chi connectivity index (χ1n) is 5.39. The molecule has 1 aromatic rings. The van der Waals surface area contributed by atoms with Crippen molar-refractivity contribution in [3.05, 3.63) is 24.3 Å². The van der Waals surface area contributed by atoms with E-state index in [-0.39, 0.29) is 24.8 Å². The SMILES string of the molecule is CC1(C(=O)O)CN(c2cccc(O)c2)C(=O)CO1. The van der Waals surface area contributed by atoms with E-state index in [1.165, 1.54) is 24.0 Å². The van der Waals surface area contributed by atoms with Crippen LogP contribution in [-0.2, 0) is 14.3 Å². The number of carboxylic acid groups (broad SMARTS) is 1. The minimum atomic E-state index is -1.43. The van der Waals surface area contributed by atoms with Gasteiger partial charge in [0, 0.05) is 11.8 Å². The highest BCUT2D eigenvalue weighted by molar-refractivity contribution is 5.97. The van der Waals surface area contributed by atoms with Crippen LogP contribution in [0.2, 0.25) is 0 Å². The lowest BCUT2D eigenvalue weighted by Gasteiger charge is -2.37. The molecule has 0 saturated carbocycles. The maximum atomic E-state index is 11.7. The molecule has 2 rings (SSSR count). The zero-order valence-electron chi connectivity index (χ0n) is 9.79. The molecule has 1 aliphatic heterocycles. The van der Waals surface area contributed by atoms with Crippen molar-refractivity contribution in [1.29, 1.82) is 0 Å². The van der Waals surface area contributed by atoms with Crippen molar-refractivity contribution < 1.29 is 24.5 Å². The molecule has 1 heterocycles. The van der Waals surface area contributed by atoms with Gasteiger partial charge in [0.25, 0.3) is 5.91 Å². The monoisotopic (exact) mass is 251 g/mol. The highest BCUT2D eigenvalue weighted by atomic mass is 16.5. The molecular formula is C12H13NO5. The van der Waals surface area contributed by atoms with E-state index in [1.807, 2.05) is 0 Å². The van der Waals surface area contributed by atoms with Crippen LogP contribution in [0, 0.1) is 0 Å². The molecule has 0 spiro atoms. The second-order valence-corrected chi connectivity index (χ2v) is 4.32. The lowest BCUT2D eigenvalue weighted by molar-refractivity contribution is -0.168. The zero-order chi connectivity index (χ0) is 13.3. The number of carbonyl (C=O) groups excluding carboxylic acids is 1. The van der Waals surface area contributed by atoms with Gasteiger partial charge in [-0.15, -0.1) is 0 Å². The Morgan fingerprint density at radius 3 is 2.83 bits per heavy atom. The summed E-state index contributed by atoms with van der Waals surface area (Å²) in [5, 5.41) is 18.5. The summed E-state index contributed by atoms with van der Waals surface area (Å²) >= 11 is 0. The maximum absolute atomic E-state index is 11.7. The van der Waals surface area contributed by atoms with Crippen LogP contribution < -0.4 is 4.90 Å². The Labute approximate surface area is 103 Å². The van der Waals surface area contributed by atoms with E-state index in [9.17, 15) is 14.7 Å². The Hall–Kier alpha value is -2.08. The van der Waals surface area contributed by atoms with Crippen LogP contribution in [0.1, 0.15) is 6.92 Å². The number of aromatic hydroxyl groups is 1. The number of carbonyl (C=O) groups is 2. The topological polar surface area (TPSA) is 87.1 Å². The molecule has 96 valence electrons. The molecule has 1 amide bonds. The number of phenols is 1. The number of nitrogens with zero attached hydrogens (tertiary/aromatic N) is 1. The zero-order valence-corrected chi connectivity index (χ0v) is 9.79. The van der Waals surface area contributed by atoms with Crippen molar-refractivity contribution >= 4 is 17.6 Å². The van der Waals surface area contributed by atoms with E-state index < -0.39 is 11.6 Å². The van der Waals surface area contributed by atoms with Crippen molar-refractivity contribution in [2.24, 2.45) is 0 Å². The Morgan fingerprint density at radius 1 is 1.50 bits per heavy atom. The van der Waals surface area contributed by atoms with Gasteiger partial charge in [-0.05, 0) is 19.1 Å². The van der Waals surface area contributed by atoms with Crippen molar-refractivity contribution in [2.45, 2.75) is 12.5 Å². The summed E-state index contributed by atoms with van der Waals surface area (Å²) in [6, 6.07) is 6.10. The molecule has 1 unspecified atom stereocenters. The largest absolute Gasteiger partial charge is 0.508 e. The minimum Gasteiger partial charge on any atom is -0.508 e. The number of ether oxygens (including phenoxy) is 1. The van der Waals surface area contributed by atoms with Gasteiger partial charge < -0.3 is 19.8 Å². The number of morpholine rings is 1. The third kappa shape index (κ3) is 2.14. The van der Waals surface area contributed by atoms with Crippen LogP contribution in [0.5, 0.6) is 5.75 Å². The fourth-order valence-electron chi connectivity index (χ4n) is 1.76. The second-order valence-electron chi connectivity index (χ2n) is 4.32. The van der Waals surface area contributed by atoms with Crippen molar-refractivity contribution in [1.82, 2.24) is 0 Å². The summed E-state index contributed by atoms with van der Waals surface area (Å²) in [6.45, 7) is 1.03. The van der Waals surface area contributed by atoms with E-state index in [1.54, 1.807) is 12.1 Å². The van der Waals surface area contributed by atoms with Gasteiger partial charge in [0.2, 0.25) is 0 Å². The summed E-state index contributed by atoms with van der Waals surface area (Å²) < 4.78 is 5.07. The number of hydrogen-bond acceptors (Lipinski definition) is 4. The standard InChI is InChI=1S/C12H13NO5/c1-12(11(16)17)7-13(10(15)6-18-12)8-3-2-4-9(14)5-8/h2-5,14H,6-7H2,1H3,(H,16,17). The van der Waals surface area contributed by atoms with Crippen molar-refractivity contribution in [3.8, 4) is 5.75 Å². The third-order valence-electron chi connectivity index (χ3n) is 2.87. The third-order valence-corrected chi connectivity index (χ3v) is 2.87. The predicted octanol–water partition coefficient (Wildman–Crippen LogP) is 0.599. The summed E-state index contributed by atoms with van der Waals surface area (Å²) in [4.78, 5) is 24.2. The Bertz CT molecular complexity index is 501. The number of rotatable bonds is 2. The number of benzene rings is 1. The molecule has 6 nitrogen and oxygen atoms in total. The van der Waals surface area contributed by atoms with Gasteiger partial charge in [-0.1, -0.05) is 6.07 Å². The fraction of sp³-hybridized carbons (Fsp3) is 0.333. The fourth-order valence-corrected chi connectivity index (χ4v) is 1.76. The van der Waals surface area contributed by atoms with Crippen LogP contribution in [0.15, 0.2) is 24.3 Å². The normalized spacial score (nSPS) is 24.1. The molecule has 0 aliphatic carbocycles. The smallest absolute Gasteiger partial charge is 0.337 e. The molecule has 1 atom stereocenters. The molecule has 0 radical (unpaired) electrons. The number of carboxylic acids is 1. The summed E-state index contributed by atoms with van der Waals surface area (Å²) in [7, 11) is 0. The van der Waals surface area contributed by atoms with Gasteiger partial charge in [-0.3, -0.25) is 4.79 Å². The molecule has 0 aromatic heterocycles. The van der Waals surface area contributed by atoms with E-state index in [4.69, 9.17) is 9.84 Å². The van der Waals surface area contributed by atoms with Gasteiger partial charge >= 0.3 is 5.97 Å². The van der Waals surface area contributed by atoms with Gasteiger partial charge in [0.15, 0.2) is 5.60 Å². The highest BCUT2D eigenvalue weighted by Crippen LogP contribution is 2.26. The lowest BCUT2D eigenvalue weighted by Crippen LogP contribution is -2.57. The quantitative estimate of drug-likeness (QED) is 0.803. The molecular weight excluding hydrogens is 238 g/mol. The highest BCUT2D eigenvalue weighted by Gasteiger charge is 2.42. The first-order valence-corrected chi connectivity index (χ1v) is 5.39. The molecule has 1 aliphatic rings. The number of aliphatic carboxylic acids is 1. The summed E-state index contributed by atoms with van der Waals surface area (Å²) in [6.07, 6.45) is 0. The second kappa shape index (κ2) is 4.30. The van der Waals surface area contributed by atoms with Crippen LogP contribution in [0.25, 0.3) is 0 Å². The Morgan fingerprint density at radius 2 is 2.22 bits per heavy atom. The van der Waals surface area contributed by atoms with Gasteiger partial charge in [-0.2, -0.15) is 0 Å². The molecule has 0 bridgehead atoms. The first-order chi connectivity index (χ1) is 8.42. The van der Waals surface area contributed by atoms with Gasteiger partial charge in [-0.25, -0.2) is 4.79 Å². The lowest BCUT2D eigenvalue weighted by atomic mass is 10.0. The minimum absolute atomic E-state index is 0.0174.